The molecule has 2 aromatic carbocycles. The molecule has 1 saturated carbocycles. The van der Waals surface area contributed by atoms with Crippen LogP contribution < -0.4 is 4.90 Å². The van der Waals surface area contributed by atoms with Crippen molar-refractivity contribution in [3.8, 4) is 11.3 Å². The quantitative estimate of drug-likeness (QED) is 0.234. The molecule has 1 aliphatic carbocycles. The lowest BCUT2D eigenvalue weighted by molar-refractivity contribution is -0.155. The first-order valence-electron chi connectivity index (χ1n) is 12.8. The fourth-order valence-electron chi connectivity index (χ4n) is 5.75. The number of nitrogens with zero attached hydrogens (tertiary/aromatic N) is 3. The van der Waals surface area contributed by atoms with Crippen LogP contribution in [0.15, 0.2) is 46.5 Å². The molecule has 6 nitrogen and oxygen atoms in total. The summed E-state index contributed by atoms with van der Waals surface area (Å²) in [6.07, 6.45) is -6.26. The summed E-state index contributed by atoms with van der Waals surface area (Å²) < 4.78 is 101. The van der Waals surface area contributed by atoms with E-state index in [0.717, 1.165) is 24.3 Å². The van der Waals surface area contributed by atoms with Crippen LogP contribution in [-0.4, -0.2) is 34.3 Å². The van der Waals surface area contributed by atoms with Crippen LogP contribution >= 0.6 is 11.3 Å². The number of carboxylic acids is 1. The second kappa shape index (κ2) is 9.82. The van der Waals surface area contributed by atoms with Crippen molar-refractivity contribution in [2.24, 2.45) is 5.41 Å². The normalized spacial score (nSPS) is 17.1. The number of piperidine rings is 1. The predicted octanol–water partition coefficient (Wildman–Crippen LogP) is 8.29. The van der Waals surface area contributed by atoms with Gasteiger partial charge in [0.05, 0.1) is 21.4 Å². The molecule has 0 bridgehead atoms. The van der Waals surface area contributed by atoms with Gasteiger partial charge in [-0.05, 0) is 55.4 Å². The van der Waals surface area contributed by atoms with Gasteiger partial charge in [0.1, 0.15) is 11.2 Å². The summed E-state index contributed by atoms with van der Waals surface area (Å²) in [5.41, 5.74) is -2.29. The molecule has 0 unspecified atom stereocenters. The van der Waals surface area contributed by atoms with E-state index in [1.807, 2.05) is 4.90 Å². The van der Waals surface area contributed by atoms with Crippen molar-refractivity contribution in [2.45, 2.75) is 38.0 Å². The van der Waals surface area contributed by atoms with Crippen molar-refractivity contribution in [1.29, 1.82) is 0 Å². The Morgan fingerprint density at radius 2 is 1.74 bits per heavy atom. The Balaban J connectivity index is 1.22. The van der Waals surface area contributed by atoms with Gasteiger partial charge in [-0.1, -0.05) is 40.3 Å². The standard InChI is InChI=1S/C28H20F7N3O3S/c29-19-10-15(24(39)40)11-20-22(19)36-25(42-20)38-7-5-26(6-8-38)12-14(13-26)9-17-21(37-41-23(17)28(33,34)35)16-3-1-2-4-18(16)27(30,31)32/h1-4,9-11H,5-8,12-13H2,(H,39,40). The molecule has 1 spiro atoms. The Morgan fingerprint density at radius 3 is 2.38 bits per heavy atom. The highest BCUT2D eigenvalue weighted by Crippen LogP contribution is 2.54. The van der Waals surface area contributed by atoms with E-state index in [1.54, 1.807) is 0 Å². The molecule has 0 amide bonds. The number of benzene rings is 2. The summed E-state index contributed by atoms with van der Waals surface area (Å²) in [5, 5.41) is 13.1. The number of carbonyl (C=O) groups is 1. The van der Waals surface area contributed by atoms with Gasteiger partial charge in [0.15, 0.2) is 10.9 Å². The molecule has 42 heavy (non-hydrogen) atoms. The topological polar surface area (TPSA) is 79.5 Å². The summed E-state index contributed by atoms with van der Waals surface area (Å²) in [6.45, 7) is 1.09. The van der Waals surface area contributed by atoms with E-state index >= 15 is 0 Å². The van der Waals surface area contributed by atoms with Crippen LogP contribution in [0.5, 0.6) is 0 Å². The molecule has 1 aliphatic heterocycles. The van der Waals surface area contributed by atoms with Gasteiger partial charge in [0.25, 0.3) is 0 Å². The van der Waals surface area contributed by atoms with Gasteiger partial charge in [0, 0.05) is 18.7 Å². The number of allylic oxidation sites excluding steroid dienone is 1. The van der Waals surface area contributed by atoms with Crippen LogP contribution in [0.1, 0.15) is 52.9 Å². The maximum Gasteiger partial charge on any atom is 0.453 e. The average Bonchev–Trinajstić information content (AvgIpc) is 3.52. The number of alkyl halides is 6. The second-order valence-electron chi connectivity index (χ2n) is 10.6. The van der Waals surface area contributed by atoms with Crippen LogP contribution in [0.4, 0.5) is 35.9 Å². The Labute approximate surface area is 237 Å². The molecule has 1 saturated heterocycles. The number of hydrogen-bond acceptors (Lipinski definition) is 6. The average molecular weight is 612 g/mol. The molecule has 220 valence electrons. The minimum Gasteiger partial charge on any atom is -0.478 e. The van der Waals surface area contributed by atoms with E-state index in [4.69, 9.17) is 0 Å². The first kappa shape index (κ1) is 28.2. The summed E-state index contributed by atoms with van der Waals surface area (Å²) >= 11 is 1.18. The Bertz CT molecular complexity index is 1720. The van der Waals surface area contributed by atoms with E-state index in [-0.39, 0.29) is 16.5 Å². The fraction of sp³-hybridized carbons (Fsp3) is 0.321. The van der Waals surface area contributed by atoms with Gasteiger partial charge in [0.2, 0.25) is 5.76 Å². The number of halogens is 7. The number of fused-ring (bicyclic) bond motifs is 1. The minimum absolute atomic E-state index is 0.0891. The molecule has 6 rings (SSSR count). The molecule has 2 aromatic heterocycles. The molecule has 0 radical (unpaired) electrons. The number of anilines is 1. The van der Waals surface area contributed by atoms with Gasteiger partial charge >= 0.3 is 18.3 Å². The first-order valence-corrected chi connectivity index (χ1v) is 13.6. The van der Waals surface area contributed by atoms with Gasteiger partial charge in [-0.25, -0.2) is 14.2 Å². The van der Waals surface area contributed by atoms with Crippen LogP contribution in [0.3, 0.4) is 0 Å². The minimum atomic E-state index is -4.96. The van der Waals surface area contributed by atoms with E-state index < -0.39 is 52.3 Å². The summed E-state index contributed by atoms with van der Waals surface area (Å²) in [7, 11) is 0. The van der Waals surface area contributed by atoms with Crippen LogP contribution in [0.2, 0.25) is 0 Å². The first-order chi connectivity index (χ1) is 19.7. The second-order valence-corrected chi connectivity index (χ2v) is 11.6. The lowest BCUT2D eigenvalue weighted by atomic mass is 9.60. The van der Waals surface area contributed by atoms with Crippen molar-refractivity contribution in [1.82, 2.24) is 10.1 Å². The largest absolute Gasteiger partial charge is 0.478 e. The van der Waals surface area contributed by atoms with Crippen molar-refractivity contribution in [3.05, 3.63) is 70.2 Å². The maximum atomic E-state index is 14.4. The summed E-state index contributed by atoms with van der Waals surface area (Å²) in [5.74, 6) is -3.42. The van der Waals surface area contributed by atoms with E-state index in [2.05, 4.69) is 14.7 Å². The van der Waals surface area contributed by atoms with Gasteiger partial charge in [-0.2, -0.15) is 26.3 Å². The van der Waals surface area contributed by atoms with Crippen molar-refractivity contribution < 1.29 is 45.2 Å². The molecular formula is C28H20F7N3O3S. The third kappa shape index (κ3) is 5.01. The smallest absolute Gasteiger partial charge is 0.453 e. The lowest BCUT2D eigenvalue weighted by Gasteiger charge is -2.49. The zero-order valence-electron chi connectivity index (χ0n) is 21.4. The maximum absolute atomic E-state index is 14.4. The van der Waals surface area contributed by atoms with Gasteiger partial charge < -0.3 is 14.5 Å². The van der Waals surface area contributed by atoms with Crippen LogP contribution in [0, 0.1) is 11.2 Å². The highest BCUT2D eigenvalue weighted by molar-refractivity contribution is 7.22. The van der Waals surface area contributed by atoms with E-state index in [1.165, 1.54) is 29.5 Å². The molecule has 4 aromatic rings. The van der Waals surface area contributed by atoms with Crippen LogP contribution in [-0.2, 0) is 12.4 Å². The Kier molecular flexibility index (Phi) is 6.59. The molecule has 0 atom stereocenters. The Morgan fingerprint density at radius 1 is 1.05 bits per heavy atom. The number of thiazole rings is 1. The van der Waals surface area contributed by atoms with Crippen molar-refractivity contribution >= 4 is 38.7 Å². The number of hydrogen-bond donors (Lipinski definition) is 1. The SMILES string of the molecule is O=C(O)c1cc(F)c2nc(N3CCC4(CC3)CC(=Cc3c(-c5ccccc5C(F)(F)F)noc3C(F)(F)F)C4)sc2c1. The highest BCUT2D eigenvalue weighted by Gasteiger charge is 2.45. The third-order valence-corrected chi connectivity index (χ3v) is 8.87. The Hall–Kier alpha value is -3.94. The van der Waals surface area contributed by atoms with E-state index in [9.17, 15) is 40.6 Å². The molecular weight excluding hydrogens is 591 g/mol. The van der Waals surface area contributed by atoms with Crippen molar-refractivity contribution in [3.63, 3.8) is 0 Å². The van der Waals surface area contributed by atoms with Crippen LogP contribution in [0.25, 0.3) is 27.6 Å². The molecule has 3 heterocycles. The summed E-state index contributed by atoms with van der Waals surface area (Å²) in [4.78, 5) is 17.6. The molecule has 14 heteroatoms. The van der Waals surface area contributed by atoms with Gasteiger partial charge in [-0.15, -0.1) is 0 Å². The fourth-order valence-corrected chi connectivity index (χ4v) is 6.82. The lowest BCUT2D eigenvalue weighted by Crippen LogP contribution is -2.44. The zero-order chi connectivity index (χ0) is 30.0. The summed E-state index contributed by atoms with van der Waals surface area (Å²) in [6, 6.07) is 6.59. The number of aromatic carboxylic acids is 1. The molecule has 2 fully saturated rings. The third-order valence-electron chi connectivity index (χ3n) is 7.80. The van der Waals surface area contributed by atoms with E-state index in [0.29, 0.717) is 54.2 Å². The zero-order valence-corrected chi connectivity index (χ0v) is 22.3. The van der Waals surface area contributed by atoms with Gasteiger partial charge in [-0.3, -0.25) is 0 Å². The number of rotatable bonds is 4. The molecule has 2 aliphatic rings. The van der Waals surface area contributed by atoms with Crippen molar-refractivity contribution in [2.75, 3.05) is 18.0 Å². The number of aromatic nitrogens is 2. The monoisotopic (exact) mass is 611 g/mol. The molecule has 1 N–H and O–H groups in total. The predicted molar refractivity (Wildman–Crippen MR) is 140 cm³/mol. The number of carboxylic acid groups (broad SMARTS) is 1. The highest BCUT2D eigenvalue weighted by atomic mass is 32.1.